The Morgan fingerprint density at radius 3 is 2.53 bits per heavy atom. The molecule has 0 aliphatic carbocycles. The van der Waals surface area contributed by atoms with Crippen LogP contribution in [0, 0.1) is 5.92 Å². The van der Waals surface area contributed by atoms with Gasteiger partial charge in [0.15, 0.2) is 0 Å². The van der Waals surface area contributed by atoms with Gasteiger partial charge < -0.3 is 14.2 Å². The van der Waals surface area contributed by atoms with Crippen LogP contribution in [0.4, 0.5) is 4.79 Å². The Morgan fingerprint density at radius 2 is 1.84 bits per heavy atom. The molecule has 0 spiro atoms. The standard InChI is InChI=1S/C28H36N2O2/c1-20(2)17-30-19-25(23-12-9-15-29(18-23)27(31)32-28(3,4)5)24-14-13-22(16-26(24)30)21-10-7-6-8-11-21/h6-8,10-11,13-14,16,19-20,23H,9,12,15,17-18H2,1-5H3. The minimum atomic E-state index is -0.467. The van der Waals surface area contributed by atoms with E-state index in [2.05, 4.69) is 73.1 Å². The molecule has 1 atom stereocenters. The highest BCUT2D eigenvalue weighted by Crippen LogP contribution is 2.36. The van der Waals surface area contributed by atoms with Gasteiger partial charge in [-0.2, -0.15) is 0 Å². The number of rotatable bonds is 4. The molecule has 1 aromatic heterocycles. The number of carbonyl (C=O) groups is 1. The summed E-state index contributed by atoms with van der Waals surface area (Å²) in [7, 11) is 0. The third-order valence-corrected chi connectivity index (χ3v) is 6.09. The second-order valence-corrected chi connectivity index (χ2v) is 10.5. The number of ether oxygens (including phenoxy) is 1. The van der Waals surface area contributed by atoms with E-state index in [-0.39, 0.29) is 6.09 Å². The normalized spacial score (nSPS) is 17.2. The van der Waals surface area contributed by atoms with Crippen LogP contribution < -0.4 is 0 Å². The van der Waals surface area contributed by atoms with Crippen LogP contribution in [0.25, 0.3) is 22.0 Å². The van der Waals surface area contributed by atoms with E-state index in [1.54, 1.807) is 0 Å². The quantitative estimate of drug-likeness (QED) is 0.441. The van der Waals surface area contributed by atoms with Gasteiger partial charge in [0, 0.05) is 42.7 Å². The van der Waals surface area contributed by atoms with Crippen LogP contribution in [-0.2, 0) is 11.3 Å². The van der Waals surface area contributed by atoms with Gasteiger partial charge in [-0.05, 0) is 62.3 Å². The maximum absolute atomic E-state index is 12.7. The van der Waals surface area contributed by atoms with E-state index < -0.39 is 5.60 Å². The molecule has 1 unspecified atom stereocenters. The first-order valence-electron chi connectivity index (χ1n) is 11.9. The summed E-state index contributed by atoms with van der Waals surface area (Å²) in [6.45, 7) is 12.8. The van der Waals surface area contributed by atoms with Gasteiger partial charge in [0.25, 0.3) is 0 Å². The van der Waals surface area contributed by atoms with Crippen molar-refractivity contribution in [2.24, 2.45) is 5.92 Å². The zero-order valence-corrected chi connectivity index (χ0v) is 20.1. The van der Waals surface area contributed by atoms with E-state index in [9.17, 15) is 4.79 Å². The van der Waals surface area contributed by atoms with E-state index in [4.69, 9.17) is 4.74 Å². The molecular weight excluding hydrogens is 396 g/mol. The Morgan fingerprint density at radius 1 is 1.09 bits per heavy atom. The maximum atomic E-state index is 12.7. The first-order chi connectivity index (χ1) is 15.2. The number of hydrogen-bond acceptors (Lipinski definition) is 2. The molecular formula is C28H36N2O2. The van der Waals surface area contributed by atoms with E-state index in [1.165, 1.54) is 27.6 Å². The smallest absolute Gasteiger partial charge is 0.410 e. The summed E-state index contributed by atoms with van der Waals surface area (Å²) in [5, 5.41) is 1.31. The molecule has 1 fully saturated rings. The number of amides is 1. The molecule has 1 aliphatic rings. The molecule has 0 radical (unpaired) electrons. The highest BCUT2D eigenvalue weighted by molar-refractivity contribution is 5.89. The number of likely N-dealkylation sites (tertiary alicyclic amines) is 1. The van der Waals surface area contributed by atoms with Gasteiger partial charge in [0.2, 0.25) is 0 Å². The fraction of sp³-hybridized carbons (Fsp3) is 0.464. The molecule has 4 nitrogen and oxygen atoms in total. The van der Waals surface area contributed by atoms with E-state index in [0.717, 1.165) is 32.5 Å². The summed E-state index contributed by atoms with van der Waals surface area (Å²) in [4.78, 5) is 14.6. The lowest BCUT2D eigenvalue weighted by Crippen LogP contribution is -2.42. The van der Waals surface area contributed by atoms with Crippen molar-refractivity contribution in [3.63, 3.8) is 0 Å². The maximum Gasteiger partial charge on any atom is 0.410 e. The lowest BCUT2D eigenvalue weighted by Gasteiger charge is -2.34. The molecule has 170 valence electrons. The van der Waals surface area contributed by atoms with Crippen LogP contribution in [0.2, 0.25) is 0 Å². The van der Waals surface area contributed by atoms with Crippen LogP contribution in [0.15, 0.2) is 54.7 Å². The molecule has 1 saturated heterocycles. The third kappa shape index (κ3) is 5.01. The molecule has 0 saturated carbocycles. The molecule has 0 N–H and O–H groups in total. The predicted octanol–water partition coefficient (Wildman–Crippen LogP) is 7.08. The summed E-state index contributed by atoms with van der Waals surface area (Å²) in [5.41, 5.74) is 4.65. The zero-order chi connectivity index (χ0) is 22.9. The van der Waals surface area contributed by atoms with Gasteiger partial charge in [-0.25, -0.2) is 4.79 Å². The lowest BCUT2D eigenvalue weighted by molar-refractivity contribution is 0.0198. The third-order valence-electron chi connectivity index (χ3n) is 6.09. The Balaban J connectivity index is 1.68. The average molecular weight is 433 g/mol. The summed E-state index contributed by atoms with van der Waals surface area (Å²) >= 11 is 0. The number of hydrogen-bond donors (Lipinski definition) is 0. The second-order valence-electron chi connectivity index (χ2n) is 10.5. The molecule has 4 heteroatoms. The molecule has 32 heavy (non-hydrogen) atoms. The summed E-state index contributed by atoms with van der Waals surface area (Å²) in [5.74, 6) is 0.887. The van der Waals surface area contributed by atoms with Crippen LogP contribution in [0.3, 0.4) is 0 Å². The van der Waals surface area contributed by atoms with Crippen molar-refractivity contribution in [3.8, 4) is 11.1 Å². The van der Waals surface area contributed by atoms with Crippen molar-refractivity contribution in [2.75, 3.05) is 13.1 Å². The Kier molecular flexibility index (Phi) is 6.32. The number of piperidine rings is 1. The van der Waals surface area contributed by atoms with Gasteiger partial charge in [-0.1, -0.05) is 56.3 Å². The highest BCUT2D eigenvalue weighted by atomic mass is 16.6. The van der Waals surface area contributed by atoms with E-state index >= 15 is 0 Å². The number of benzene rings is 2. The van der Waals surface area contributed by atoms with Crippen LogP contribution >= 0.6 is 0 Å². The SMILES string of the molecule is CC(C)Cn1cc(C2CCCN(C(=O)OC(C)(C)C)C2)c2ccc(-c3ccccc3)cc21. The van der Waals surface area contributed by atoms with Crippen LogP contribution in [0.5, 0.6) is 0 Å². The summed E-state index contributed by atoms with van der Waals surface area (Å²) < 4.78 is 8.06. The highest BCUT2D eigenvalue weighted by Gasteiger charge is 2.30. The minimum Gasteiger partial charge on any atom is -0.444 e. The topological polar surface area (TPSA) is 34.5 Å². The first-order valence-corrected chi connectivity index (χ1v) is 11.9. The van der Waals surface area contributed by atoms with Gasteiger partial charge >= 0.3 is 6.09 Å². The average Bonchev–Trinajstić information content (AvgIpc) is 3.10. The number of nitrogens with zero attached hydrogens (tertiary/aromatic N) is 2. The molecule has 1 aliphatic heterocycles. The molecule has 0 bridgehead atoms. The van der Waals surface area contributed by atoms with Gasteiger partial charge in [0.1, 0.15) is 5.60 Å². The fourth-order valence-corrected chi connectivity index (χ4v) is 4.72. The monoisotopic (exact) mass is 432 g/mol. The zero-order valence-electron chi connectivity index (χ0n) is 20.1. The lowest BCUT2D eigenvalue weighted by atomic mass is 9.90. The molecule has 4 rings (SSSR count). The van der Waals surface area contributed by atoms with Gasteiger partial charge in [-0.3, -0.25) is 0 Å². The molecule has 2 aromatic carbocycles. The summed E-state index contributed by atoms with van der Waals surface area (Å²) in [6, 6.07) is 17.4. The van der Waals surface area contributed by atoms with Crippen LogP contribution in [-0.4, -0.2) is 34.3 Å². The Bertz CT molecular complexity index is 1080. The van der Waals surface area contributed by atoms with Crippen molar-refractivity contribution in [3.05, 3.63) is 60.3 Å². The number of fused-ring (bicyclic) bond motifs is 1. The van der Waals surface area contributed by atoms with Gasteiger partial charge in [0.05, 0.1) is 0 Å². The molecule has 3 aromatic rings. The van der Waals surface area contributed by atoms with Crippen molar-refractivity contribution >= 4 is 17.0 Å². The largest absolute Gasteiger partial charge is 0.444 e. The fourth-order valence-electron chi connectivity index (χ4n) is 4.72. The van der Waals surface area contributed by atoms with Crippen molar-refractivity contribution < 1.29 is 9.53 Å². The Hall–Kier alpha value is -2.75. The first kappa shape index (κ1) is 22.4. The van der Waals surface area contributed by atoms with Crippen LogP contribution in [0.1, 0.15) is 58.9 Å². The van der Waals surface area contributed by atoms with E-state index in [1.807, 2.05) is 25.7 Å². The van der Waals surface area contributed by atoms with Crippen molar-refractivity contribution in [2.45, 2.75) is 65.5 Å². The summed E-state index contributed by atoms with van der Waals surface area (Å²) in [6.07, 6.45) is 4.24. The van der Waals surface area contributed by atoms with Crippen molar-refractivity contribution in [1.29, 1.82) is 0 Å². The van der Waals surface area contributed by atoms with Crippen molar-refractivity contribution in [1.82, 2.24) is 9.47 Å². The number of carbonyl (C=O) groups excluding carboxylic acids is 1. The van der Waals surface area contributed by atoms with Gasteiger partial charge in [-0.15, -0.1) is 0 Å². The molecule has 1 amide bonds. The Labute approximate surface area is 192 Å². The predicted molar refractivity (Wildman–Crippen MR) is 132 cm³/mol. The minimum absolute atomic E-state index is 0.195. The second kappa shape index (κ2) is 9.01. The molecule has 2 heterocycles. The van der Waals surface area contributed by atoms with E-state index in [0.29, 0.717) is 11.8 Å². The number of aromatic nitrogens is 1.